The summed E-state index contributed by atoms with van der Waals surface area (Å²) in [6.45, 7) is 0. The van der Waals surface area contributed by atoms with Crippen LogP contribution in [0.3, 0.4) is 0 Å². The van der Waals surface area contributed by atoms with Gasteiger partial charge in [-0.2, -0.15) is 5.26 Å². The number of nitrogens with zero attached hydrogens (tertiary/aromatic N) is 1. The number of nitriles is 1. The Morgan fingerprint density at radius 1 is 0.792 bits per heavy atom. The first-order chi connectivity index (χ1) is 11.7. The molecule has 2 aromatic rings. The standard InChI is InChI=1S/C19H19NO4/c1-21-16-9-7-13(6-5-11-20)12-15(16)14-8-10-17(22-2)19(24-4)18(14)23-3/h5-10,12H,1-4H3/b6-5+. The van der Waals surface area contributed by atoms with Crippen LogP contribution in [0.15, 0.2) is 36.4 Å². The van der Waals surface area contributed by atoms with Gasteiger partial charge in [0.05, 0.1) is 34.5 Å². The van der Waals surface area contributed by atoms with Gasteiger partial charge in [-0.1, -0.05) is 6.07 Å². The fourth-order valence-electron chi connectivity index (χ4n) is 2.49. The van der Waals surface area contributed by atoms with Crippen LogP contribution < -0.4 is 18.9 Å². The average molecular weight is 325 g/mol. The number of methoxy groups -OCH3 is 4. The van der Waals surface area contributed by atoms with Crippen LogP contribution in [-0.4, -0.2) is 28.4 Å². The van der Waals surface area contributed by atoms with Gasteiger partial charge in [-0.15, -0.1) is 0 Å². The van der Waals surface area contributed by atoms with Crippen molar-refractivity contribution >= 4 is 6.08 Å². The zero-order valence-electron chi connectivity index (χ0n) is 14.1. The first-order valence-corrected chi connectivity index (χ1v) is 7.23. The van der Waals surface area contributed by atoms with E-state index < -0.39 is 0 Å². The van der Waals surface area contributed by atoms with E-state index in [-0.39, 0.29) is 0 Å². The van der Waals surface area contributed by atoms with E-state index >= 15 is 0 Å². The van der Waals surface area contributed by atoms with Crippen LogP contribution in [0.4, 0.5) is 0 Å². The van der Waals surface area contributed by atoms with Crippen molar-refractivity contribution < 1.29 is 18.9 Å². The van der Waals surface area contributed by atoms with Gasteiger partial charge in [-0.05, 0) is 35.9 Å². The molecule has 2 aromatic carbocycles. The van der Waals surface area contributed by atoms with Crippen LogP contribution in [0.1, 0.15) is 5.56 Å². The molecular weight excluding hydrogens is 306 g/mol. The lowest BCUT2D eigenvalue weighted by atomic mass is 9.99. The molecule has 0 saturated heterocycles. The minimum absolute atomic E-state index is 0.512. The number of ether oxygens (including phenoxy) is 4. The van der Waals surface area contributed by atoms with Crippen molar-refractivity contribution in [3.63, 3.8) is 0 Å². The Labute approximate surface area is 141 Å². The molecule has 24 heavy (non-hydrogen) atoms. The minimum atomic E-state index is 0.512. The van der Waals surface area contributed by atoms with Gasteiger partial charge in [0.1, 0.15) is 5.75 Å². The van der Waals surface area contributed by atoms with Crippen molar-refractivity contribution in [3.05, 3.63) is 42.0 Å². The van der Waals surface area contributed by atoms with Crippen LogP contribution in [0.5, 0.6) is 23.0 Å². The highest BCUT2D eigenvalue weighted by Gasteiger charge is 2.19. The van der Waals surface area contributed by atoms with E-state index in [0.717, 1.165) is 16.7 Å². The van der Waals surface area contributed by atoms with Gasteiger partial charge >= 0.3 is 0 Å². The Bertz CT molecular complexity index is 791. The van der Waals surface area contributed by atoms with E-state index in [1.807, 2.05) is 36.4 Å². The lowest BCUT2D eigenvalue weighted by Crippen LogP contribution is -1.98. The molecule has 0 aliphatic heterocycles. The number of rotatable bonds is 6. The highest BCUT2D eigenvalue weighted by atomic mass is 16.5. The highest BCUT2D eigenvalue weighted by molar-refractivity contribution is 5.81. The molecule has 0 saturated carbocycles. The van der Waals surface area contributed by atoms with Crippen LogP contribution in [0.25, 0.3) is 17.2 Å². The van der Waals surface area contributed by atoms with Crippen molar-refractivity contribution in [2.45, 2.75) is 0 Å². The largest absolute Gasteiger partial charge is 0.496 e. The van der Waals surface area contributed by atoms with E-state index in [1.165, 1.54) is 6.08 Å². The molecule has 0 bridgehead atoms. The van der Waals surface area contributed by atoms with Gasteiger partial charge in [-0.3, -0.25) is 0 Å². The van der Waals surface area contributed by atoms with Gasteiger partial charge in [0.25, 0.3) is 0 Å². The van der Waals surface area contributed by atoms with E-state index in [9.17, 15) is 0 Å². The van der Waals surface area contributed by atoms with Crippen molar-refractivity contribution in [1.29, 1.82) is 5.26 Å². The van der Waals surface area contributed by atoms with Crippen molar-refractivity contribution in [3.8, 4) is 40.2 Å². The second-order valence-corrected chi connectivity index (χ2v) is 4.80. The first kappa shape index (κ1) is 17.2. The molecule has 0 aromatic heterocycles. The second-order valence-electron chi connectivity index (χ2n) is 4.80. The predicted octanol–water partition coefficient (Wildman–Crippen LogP) is 3.92. The number of benzene rings is 2. The maximum Gasteiger partial charge on any atom is 0.203 e. The SMILES string of the molecule is COc1ccc(/C=C/C#N)cc1-c1ccc(OC)c(OC)c1OC. The van der Waals surface area contributed by atoms with E-state index in [4.69, 9.17) is 24.2 Å². The van der Waals surface area contributed by atoms with Crippen LogP contribution in [0.2, 0.25) is 0 Å². The smallest absolute Gasteiger partial charge is 0.203 e. The topological polar surface area (TPSA) is 60.7 Å². The van der Waals surface area contributed by atoms with E-state index in [0.29, 0.717) is 23.0 Å². The summed E-state index contributed by atoms with van der Waals surface area (Å²) in [5.41, 5.74) is 2.51. The molecule has 0 aliphatic carbocycles. The molecule has 5 heteroatoms. The Balaban J connectivity index is 2.70. The summed E-state index contributed by atoms with van der Waals surface area (Å²) in [5.74, 6) is 2.33. The third kappa shape index (κ3) is 3.28. The molecule has 2 rings (SSSR count). The van der Waals surface area contributed by atoms with E-state index in [2.05, 4.69) is 0 Å². The quantitative estimate of drug-likeness (QED) is 0.753. The highest BCUT2D eigenvalue weighted by Crippen LogP contribution is 2.46. The average Bonchev–Trinajstić information content (AvgIpc) is 2.64. The summed E-state index contributed by atoms with van der Waals surface area (Å²) >= 11 is 0. The zero-order chi connectivity index (χ0) is 17.5. The lowest BCUT2D eigenvalue weighted by Gasteiger charge is -2.17. The summed E-state index contributed by atoms with van der Waals surface area (Å²) in [6.07, 6.45) is 3.16. The second kappa shape index (κ2) is 7.93. The summed E-state index contributed by atoms with van der Waals surface area (Å²) in [7, 11) is 6.32. The Morgan fingerprint density at radius 3 is 2.04 bits per heavy atom. The first-order valence-electron chi connectivity index (χ1n) is 7.23. The molecule has 0 unspecified atom stereocenters. The fourth-order valence-corrected chi connectivity index (χ4v) is 2.49. The zero-order valence-corrected chi connectivity index (χ0v) is 14.1. The maximum absolute atomic E-state index is 8.71. The fraction of sp³-hybridized carbons (Fsp3) is 0.211. The Morgan fingerprint density at radius 2 is 1.46 bits per heavy atom. The van der Waals surface area contributed by atoms with E-state index in [1.54, 1.807) is 34.5 Å². The maximum atomic E-state index is 8.71. The molecule has 0 radical (unpaired) electrons. The minimum Gasteiger partial charge on any atom is -0.496 e. The van der Waals surface area contributed by atoms with Gasteiger partial charge in [-0.25, -0.2) is 0 Å². The van der Waals surface area contributed by atoms with Crippen LogP contribution in [0, 0.1) is 11.3 Å². The predicted molar refractivity (Wildman–Crippen MR) is 92.7 cm³/mol. The summed E-state index contributed by atoms with van der Waals surface area (Å²) in [6, 6.07) is 11.3. The molecular formula is C19H19NO4. The third-order valence-corrected chi connectivity index (χ3v) is 3.57. The van der Waals surface area contributed by atoms with Crippen LogP contribution in [-0.2, 0) is 0 Å². The van der Waals surface area contributed by atoms with Gasteiger partial charge in [0.15, 0.2) is 11.5 Å². The summed E-state index contributed by atoms with van der Waals surface area (Å²) in [4.78, 5) is 0. The number of allylic oxidation sites excluding steroid dienone is 1. The molecule has 0 N–H and O–H groups in total. The van der Waals surface area contributed by atoms with Crippen molar-refractivity contribution in [1.82, 2.24) is 0 Å². The van der Waals surface area contributed by atoms with Gasteiger partial charge < -0.3 is 18.9 Å². The molecule has 0 spiro atoms. The summed E-state index contributed by atoms with van der Waals surface area (Å²) < 4.78 is 21.8. The van der Waals surface area contributed by atoms with Crippen LogP contribution >= 0.6 is 0 Å². The molecule has 0 heterocycles. The van der Waals surface area contributed by atoms with Gasteiger partial charge in [0, 0.05) is 17.2 Å². The normalized spacial score (nSPS) is 10.3. The van der Waals surface area contributed by atoms with Gasteiger partial charge in [0.2, 0.25) is 5.75 Å². The third-order valence-electron chi connectivity index (χ3n) is 3.57. The molecule has 0 amide bonds. The number of hydrogen-bond acceptors (Lipinski definition) is 5. The monoisotopic (exact) mass is 325 g/mol. The molecule has 0 fully saturated rings. The van der Waals surface area contributed by atoms with Crippen molar-refractivity contribution in [2.24, 2.45) is 0 Å². The summed E-state index contributed by atoms with van der Waals surface area (Å²) in [5, 5.41) is 8.71. The molecule has 0 atom stereocenters. The Kier molecular flexibility index (Phi) is 5.69. The molecule has 5 nitrogen and oxygen atoms in total. The van der Waals surface area contributed by atoms with Crippen molar-refractivity contribution in [2.75, 3.05) is 28.4 Å². The lowest BCUT2D eigenvalue weighted by molar-refractivity contribution is 0.325. The molecule has 124 valence electrons. The molecule has 0 aliphatic rings. The number of hydrogen-bond donors (Lipinski definition) is 0. The Hall–Kier alpha value is -3.13.